The van der Waals surface area contributed by atoms with Crippen LogP contribution in [0.1, 0.15) is 11.3 Å². The Morgan fingerprint density at radius 2 is 2.10 bits per heavy atom. The third kappa shape index (κ3) is 3.12. The first kappa shape index (κ1) is 14.8. The molecule has 0 fully saturated rings. The highest BCUT2D eigenvalue weighted by Crippen LogP contribution is 2.37. The van der Waals surface area contributed by atoms with Gasteiger partial charge in [0.2, 0.25) is 5.88 Å². The summed E-state index contributed by atoms with van der Waals surface area (Å²) in [5.74, 6) is -0.489. The number of hydrogen-bond acceptors (Lipinski definition) is 5. The molecule has 4 nitrogen and oxygen atoms in total. The SMILES string of the molecule is N#CCOc1nc(C(F)(F)F)cc(-c2cccs2)c1C#N. The molecule has 8 heteroatoms. The van der Waals surface area contributed by atoms with Gasteiger partial charge >= 0.3 is 6.18 Å². The number of alkyl halides is 3. The predicted octanol–water partition coefficient (Wildman–Crippen LogP) is 3.60. The van der Waals surface area contributed by atoms with Crippen LogP contribution in [-0.2, 0) is 6.18 Å². The number of halogens is 3. The normalized spacial score (nSPS) is 10.7. The summed E-state index contributed by atoms with van der Waals surface area (Å²) < 4.78 is 43.5. The Bertz CT molecular complexity index is 727. The first-order chi connectivity index (χ1) is 9.97. The Hall–Kier alpha value is -2.58. The molecule has 0 aliphatic carbocycles. The van der Waals surface area contributed by atoms with Gasteiger partial charge in [0.1, 0.15) is 23.4 Å². The zero-order chi connectivity index (χ0) is 15.5. The first-order valence-corrected chi connectivity index (χ1v) is 6.41. The van der Waals surface area contributed by atoms with E-state index >= 15 is 0 Å². The molecule has 0 aliphatic rings. The van der Waals surface area contributed by atoms with Gasteiger partial charge in [-0.3, -0.25) is 0 Å². The number of nitriles is 2. The molecule has 0 saturated carbocycles. The van der Waals surface area contributed by atoms with Crippen molar-refractivity contribution >= 4 is 11.3 Å². The zero-order valence-corrected chi connectivity index (χ0v) is 11.1. The molecule has 2 aromatic heterocycles. The summed E-state index contributed by atoms with van der Waals surface area (Å²) in [6.07, 6.45) is -4.68. The zero-order valence-electron chi connectivity index (χ0n) is 10.3. The van der Waals surface area contributed by atoms with Crippen molar-refractivity contribution in [1.82, 2.24) is 4.98 Å². The summed E-state index contributed by atoms with van der Waals surface area (Å²) in [5, 5.41) is 19.3. The maximum atomic E-state index is 12.9. The van der Waals surface area contributed by atoms with Crippen LogP contribution in [0.15, 0.2) is 23.6 Å². The van der Waals surface area contributed by atoms with Gasteiger partial charge in [0.25, 0.3) is 0 Å². The lowest BCUT2D eigenvalue weighted by Gasteiger charge is -2.12. The molecular formula is C13H6F3N3OS. The van der Waals surface area contributed by atoms with Crippen LogP contribution in [0.4, 0.5) is 13.2 Å². The molecule has 0 radical (unpaired) electrons. The summed E-state index contributed by atoms with van der Waals surface area (Å²) in [7, 11) is 0. The van der Waals surface area contributed by atoms with Gasteiger partial charge < -0.3 is 4.74 Å². The first-order valence-electron chi connectivity index (χ1n) is 5.53. The molecule has 0 aromatic carbocycles. The Balaban J connectivity index is 2.68. The van der Waals surface area contributed by atoms with Crippen molar-refractivity contribution in [2.75, 3.05) is 6.61 Å². The molecule has 2 aromatic rings. The van der Waals surface area contributed by atoms with Gasteiger partial charge in [-0.25, -0.2) is 4.98 Å². The fraction of sp³-hybridized carbons (Fsp3) is 0.154. The van der Waals surface area contributed by atoms with Gasteiger partial charge in [0.15, 0.2) is 6.61 Å². The smallest absolute Gasteiger partial charge is 0.433 e. The second-order valence-corrected chi connectivity index (χ2v) is 4.72. The van der Waals surface area contributed by atoms with Gasteiger partial charge in [0, 0.05) is 10.4 Å². The number of aromatic nitrogens is 1. The average Bonchev–Trinajstić information content (AvgIpc) is 2.96. The van der Waals surface area contributed by atoms with Gasteiger partial charge in [-0.1, -0.05) is 6.07 Å². The van der Waals surface area contributed by atoms with E-state index in [9.17, 15) is 13.2 Å². The predicted molar refractivity (Wildman–Crippen MR) is 68.4 cm³/mol. The number of nitrogens with zero attached hydrogens (tertiary/aromatic N) is 3. The van der Waals surface area contributed by atoms with E-state index in [1.54, 1.807) is 29.7 Å². The number of pyridine rings is 1. The van der Waals surface area contributed by atoms with Crippen LogP contribution in [0.5, 0.6) is 5.88 Å². The largest absolute Gasteiger partial charge is 0.461 e. The highest BCUT2D eigenvalue weighted by molar-refractivity contribution is 7.13. The summed E-state index contributed by atoms with van der Waals surface area (Å²) in [6, 6.07) is 7.47. The van der Waals surface area contributed by atoms with E-state index in [2.05, 4.69) is 4.98 Å². The quantitative estimate of drug-likeness (QED) is 0.868. The van der Waals surface area contributed by atoms with Gasteiger partial charge in [-0.15, -0.1) is 11.3 Å². The fourth-order valence-corrected chi connectivity index (χ4v) is 2.35. The van der Waals surface area contributed by atoms with Crippen molar-refractivity contribution in [3.05, 3.63) is 34.8 Å². The molecule has 0 unspecified atom stereocenters. The van der Waals surface area contributed by atoms with E-state index in [1.165, 1.54) is 11.3 Å². The molecule has 0 amide bonds. The third-order valence-corrected chi connectivity index (χ3v) is 3.35. The van der Waals surface area contributed by atoms with E-state index in [0.717, 1.165) is 6.07 Å². The molecule has 0 spiro atoms. The van der Waals surface area contributed by atoms with Gasteiger partial charge in [-0.2, -0.15) is 23.7 Å². The number of hydrogen-bond donors (Lipinski definition) is 0. The highest BCUT2D eigenvalue weighted by Gasteiger charge is 2.35. The molecule has 2 rings (SSSR count). The van der Waals surface area contributed by atoms with Crippen LogP contribution in [0, 0.1) is 22.7 Å². The maximum absolute atomic E-state index is 12.9. The highest BCUT2D eigenvalue weighted by atomic mass is 32.1. The van der Waals surface area contributed by atoms with E-state index in [-0.39, 0.29) is 11.1 Å². The van der Waals surface area contributed by atoms with Crippen LogP contribution in [0.25, 0.3) is 10.4 Å². The Morgan fingerprint density at radius 3 is 2.62 bits per heavy atom. The van der Waals surface area contributed by atoms with Crippen molar-refractivity contribution in [1.29, 1.82) is 10.5 Å². The lowest BCUT2D eigenvalue weighted by atomic mass is 10.1. The second-order valence-electron chi connectivity index (χ2n) is 3.77. The van der Waals surface area contributed by atoms with Gasteiger partial charge in [-0.05, 0) is 17.5 Å². The van der Waals surface area contributed by atoms with Crippen molar-refractivity contribution in [2.24, 2.45) is 0 Å². The minimum Gasteiger partial charge on any atom is -0.461 e. The van der Waals surface area contributed by atoms with Crippen LogP contribution in [-0.4, -0.2) is 11.6 Å². The molecule has 0 bridgehead atoms. The van der Waals surface area contributed by atoms with Gasteiger partial charge in [0.05, 0.1) is 0 Å². The second kappa shape index (κ2) is 5.81. The molecule has 0 aliphatic heterocycles. The van der Waals surface area contributed by atoms with E-state index in [0.29, 0.717) is 4.88 Å². The van der Waals surface area contributed by atoms with Crippen LogP contribution >= 0.6 is 11.3 Å². The van der Waals surface area contributed by atoms with Crippen molar-refractivity contribution < 1.29 is 17.9 Å². The minimum absolute atomic E-state index is 0.0859. The summed E-state index contributed by atoms with van der Waals surface area (Å²) >= 11 is 1.19. The van der Waals surface area contributed by atoms with Crippen LogP contribution < -0.4 is 4.74 Å². The number of ether oxygens (including phenoxy) is 1. The van der Waals surface area contributed by atoms with E-state index in [4.69, 9.17) is 15.3 Å². The standard InChI is InChI=1S/C13H6F3N3OS/c14-13(15,16)11-6-8(10-2-1-5-21-10)9(7-18)12(19-11)20-4-3-17/h1-2,5-6H,4H2. The number of thiophene rings is 1. The molecule has 0 N–H and O–H groups in total. The molecule has 0 atom stereocenters. The molecule has 21 heavy (non-hydrogen) atoms. The lowest BCUT2D eigenvalue weighted by molar-refractivity contribution is -0.141. The molecule has 0 saturated heterocycles. The summed E-state index contributed by atoms with van der Waals surface area (Å²) in [5.41, 5.74) is -1.21. The summed E-state index contributed by atoms with van der Waals surface area (Å²) in [4.78, 5) is 3.79. The van der Waals surface area contributed by atoms with Crippen molar-refractivity contribution in [2.45, 2.75) is 6.18 Å². The minimum atomic E-state index is -4.68. The summed E-state index contributed by atoms with van der Waals surface area (Å²) in [6.45, 7) is -0.493. The monoisotopic (exact) mass is 309 g/mol. The lowest BCUT2D eigenvalue weighted by Crippen LogP contribution is -2.11. The van der Waals surface area contributed by atoms with Crippen molar-refractivity contribution in [3.8, 4) is 28.5 Å². The molecule has 106 valence electrons. The van der Waals surface area contributed by atoms with Crippen LogP contribution in [0.3, 0.4) is 0 Å². The Labute approximate surface area is 121 Å². The number of rotatable bonds is 3. The maximum Gasteiger partial charge on any atom is 0.433 e. The molecular weight excluding hydrogens is 303 g/mol. The average molecular weight is 309 g/mol. The Morgan fingerprint density at radius 1 is 1.33 bits per heavy atom. The van der Waals surface area contributed by atoms with E-state index < -0.39 is 24.4 Å². The topological polar surface area (TPSA) is 69.7 Å². The third-order valence-electron chi connectivity index (χ3n) is 2.45. The van der Waals surface area contributed by atoms with Crippen LogP contribution in [0.2, 0.25) is 0 Å². The van der Waals surface area contributed by atoms with Crippen molar-refractivity contribution in [3.63, 3.8) is 0 Å². The molecule has 2 heterocycles. The van der Waals surface area contributed by atoms with E-state index in [1.807, 2.05) is 0 Å². The fourth-order valence-electron chi connectivity index (χ4n) is 1.61. The Kier molecular flexibility index (Phi) is 4.10.